The van der Waals surface area contributed by atoms with Crippen LogP contribution >= 0.6 is 0 Å². The summed E-state index contributed by atoms with van der Waals surface area (Å²) < 4.78 is 0. The van der Waals surface area contributed by atoms with Gasteiger partial charge in [0.05, 0.1) is 0 Å². The first-order valence-corrected chi connectivity index (χ1v) is 0. The normalized spacial score (nSPS) is 0. The number of hydrogen-bond donors (Lipinski definition) is 0. The Balaban J connectivity index is 0. The van der Waals surface area contributed by atoms with Gasteiger partial charge >= 0.3 is 18.9 Å². The third kappa shape index (κ3) is 8.82. The van der Waals surface area contributed by atoms with Crippen LogP contribution in [-0.2, 0) is 58.3 Å². The van der Waals surface area contributed by atoms with Gasteiger partial charge in [-0.1, -0.05) is 0 Å². The second kappa shape index (κ2) is 18.0. The van der Waals surface area contributed by atoms with Gasteiger partial charge < -0.3 is 1.43 Å². The van der Waals surface area contributed by atoms with Crippen molar-refractivity contribution >= 4 is 0 Å². The fraction of sp³-hybridized carbons (Fsp3) is 0. The van der Waals surface area contributed by atoms with E-state index in [1.54, 1.807) is 0 Å². The summed E-state index contributed by atoms with van der Waals surface area (Å²) in [5.41, 5.74) is 0. The Morgan fingerprint density at radius 1 is 1.25 bits per heavy atom. The van der Waals surface area contributed by atoms with Gasteiger partial charge in [0, 0.05) is 58.3 Å². The average molecular weight is 177 g/mol. The molecule has 0 saturated carbocycles. The maximum absolute atomic E-state index is 0. The van der Waals surface area contributed by atoms with Crippen molar-refractivity contribution in [2.45, 2.75) is 0 Å². The molecule has 0 nitrogen and oxygen atoms in total. The summed E-state index contributed by atoms with van der Waals surface area (Å²) >= 11 is 0. The van der Waals surface area contributed by atoms with E-state index in [1.807, 2.05) is 0 Å². The first-order chi connectivity index (χ1) is 0. The predicted molar refractivity (Wildman–Crippen MR) is 1.11 cm³/mol. The second-order valence-electron chi connectivity index (χ2n) is 0. The maximum atomic E-state index is 0. The minimum absolute atomic E-state index is 0. The first kappa shape index (κ1) is 31.9. The van der Waals surface area contributed by atoms with Gasteiger partial charge in [0.1, 0.15) is 0 Å². The van der Waals surface area contributed by atoms with Gasteiger partial charge in [0.2, 0.25) is 0 Å². The predicted octanol–water partition coefficient (Wildman–Crippen LogP) is -2.89. The molecule has 0 aliphatic rings. The fourth-order valence-electron chi connectivity index (χ4n) is 0. The van der Waals surface area contributed by atoms with Crippen LogP contribution in [0.5, 0.6) is 0 Å². The third-order valence-electron chi connectivity index (χ3n) is 0. The summed E-state index contributed by atoms with van der Waals surface area (Å²) in [6.45, 7) is 0. The van der Waals surface area contributed by atoms with Crippen LogP contribution in [0.25, 0.3) is 0 Å². The number of hydrogen-bond acceptors (Lipinski definition) is 0. The molecule has 0 saturated heterocycles. The van der Waals surface area contributed by atoms with E-state index in [-0.39, 0.29) is 78.6 Å². The second-order valence-corrected chi connectivity index (χ2v) is 0. The van der Waals surface area contributed by atoms with E-state index in [0.29, 0.717) is 0 Å². The minimum atomic E-state index is 0. The van der Waals surface area contributed by atoms with Gasteiger partial charge in [-0.2, -0.15) is 0 Å². The molecule has 0 radical (unpaired) electrons. The molecule has 0 amide bonds. The van der Waals surface area contributed by atoms with Crippen LogP contribution in [0.15, 0.2) is 0 Å². The molecule has 16 valence electrons. The smallest absolute Gasteiger partial charge is 1.00 e. The van der Waals surface area contributed by atoms with Crippen molar-refractivity contribution in [1.82, 2.24) is 0 Å². The van der Waals surface area contributed by atoms with Crippen LogP contribution in [0.3, 0.4) is 0 Å². The molecule has 0 fully saturated rings. The van der Waals surface area contributed by atoms with Crippen LogP contribution in [0.4, 0.5) is 0 Å². The van der Waals surface area contributed by atoms with Crippen LogP contribution < -0.4 is 18.9 Å². The largest absolute Gasteiger partial charge is 1.00 e. The fourth-order valence-corrected chi connectivity index (χ4v) is 0. The quantitative estimate of drug-likeness (QED) is 0.348. The monoisotopic (exact) mass is 176 g/mol. The summed E-state index contributed by atoms with van der Waals surface area (Å²) in [4.78, 5) is 0. The Morgan fingerprint density at radius 3 is 1.25 bits per heavy atom. The summed E-state index contributed by atoms with van der Waals surface area (Å²) in [7, 11) is 0. The van der Waals surface area contributed by atoms with Crippen LogP contribution in [0, 0.1) is 0 Å². The van der Waals surface area contributed by atoms with Crippen molar-refractivity contribution < 1.29 is 78.6 Å². The molecular weight excluding hydrogens is 176 g/mol. The van der Waals surface area contributed by atoms with Crippen molar-refractivity contribution in [3.8, 4) is 0 Å². The zero-order valence-electron chi connectivity index (χ0n) is 3.56. The Kier molecular flexibility index (Phi) is 143. The van der Waals surface area contributed by atoms with E-state index in [2.05, 4.69) is 0 Å². The van der Waals surface area contributed by atoms with Crippen molar-refractivity contribution in [3.05, 3.63) is 0 Å². The molecule has 0 unspecified atom stereocenters. The first-order valence-electron chi connectivity index (χ1n) is 0. The topological polar surface area (TPSA) is 0 Å². The molecule has 0 aromatic carbocycles. The van der Waals surface area contributed by atoms with E-state index in [0.717, 1.165) is 0 Å². The Morgan fingerprint density at radius 2 is 1.25 bits per heavy atom. The maximum Gasteiger partial charge on any atom is 1.00 e. The molecule has 0 N–H and O–H groups in total. The van der Waals surface area contributed by atoms with E-state index in [9.17, 15) is 0 Å². The molecule has 0 aromatic rings. The molecular formula is HFeLiTiZn. The molecule has 0 heterocycles. The van der Waals surface area contributed by atoms with Gasteiger partial charge in [-0.3, -0.25) is 0 Å². The van der Waals surface area contributed by atoms with E-state index in [1.165, 1.54) is 0 Å². The van der Waals surface area contributed by atoms with Crippen LogP contribution in [-0.4, -0.2) is 0 Å². The summed E-state index contributed by atoms with van der Waals surface area (Å²) in [5, 5.41) is 0. The Bertz CT molecular complexity index is 11.6. The zero-order chi connectivity index (χ0) is 0. The molecule has 0 aliphatic heterocycles. The molecule has 4 heavy (non-hydrogen) atoms. The van der Waals surface area contributed by atoms with Gasteiger partial charge in [-0.05, 0) is 0 Å². The standard InChI is InChI=1S/Fe.Li.Ti.Zn.H/q;+1;;;-1. The van der Waals surface area contributed by atoms with Crippen LogP contribution in [0.2, 0.25) is 0 Å². The molecule has 0 aromatic heterocycles. The van der Waals surface area contributed by atoms with Crippen molar-refractivity contribution in [3.63, 3.8) is 0 Å². The molecule has 0 spiro atoms. The summed E-state index contributed by atoms with van der Waals surface area (Å²) in [6, 6.07) is 0. The van der Waals surface area contributed by atoms with Gasteiger partial charge in [0.15, 0.2) is 0 Å². The van der Waals surface area contributed by atoms with Gasteiger partial charge in [-0.25, -0.2) is 0 Å². The van der Waals surface area contributed by atoms with Crippen molar-refractivity contribution in [2.75, 3.05) is 0 Å². The van der Waals surface area contributed by atoms with Gasteiger partial charge in [0.25, 0.3) is 0 Å². The molecule has 0 bridgehead atoms. The Hall–Kier alpha value is 2.45. The SMILES string of the molecule is [Fe].[H-].[Li+].[Ti].[Zn]. The third-order valence-corrected chi connectivity index (χ3v) is 0. The number of rotatable bonds is 0. The van der Waals surface area contributed by atoms with E-state index < -0.39 is 0 Å². The van der Waals surface area contributed by atoms with Crippen LogP contribution in [0.1, 0.15) is 1.43 Å². The van der Waals surface area contributed by atoms with Gasteiger partial charge in [-0.15, -0.1) is 0 Å². The molecule has 4 heteroatoms. The van der Waals surface area contributed by atoms with E-state index >= 15 is 0 Å². The summed E-state index contributed by atoms with van der Waals surface area (Å²) in [5.74, 6) is 0. The van der Waals surface area contributed by atoms with Crippen molar-refractivity contribution in [1.29, 1.82) is 0 Å². The molecule has 0 atom stereocenters. The zero-order valence-corrected chi connectivity index (χ0v) is 8.19. The van der Waals surface area contributed by atoms with E-state index in [4.69, 9.17) is 0 Å². The summed E-state index contributed by atoms with van der Waals surface area (Å²) in [6.07, 6.45) is 0. The van der Waals surface area contributed by atoms with Crippen molar-refractivity contribution in [2.24, 2.45) is 0 Å². The molecule has 0 aliphatic carbocycles. The minimum Gasteiger partial charge on any atom is -1.00 e. The molecule has 0 rings (SSSR count). The average Bonchev–Trinajstić information content (AvgIpc) is 0. The Labute approximate surface area is 77.6 Å².